The van der Waals surface area contributed by atoms with Gasteiger partial charge in [0.25, 0.3) is 5.56 Å². The van der Waals surface area contributed by atoms with Gasteiger partial charge in [0.05, 0.1) is 12.2 Å². The van der Waals surface area contributed by atoms with Crippen molar-refractivity contribution in [3.8, 4) is 0 Å². The first kappa shape index (κ1) is 30.6. The van der Waals surface area contributed by atoms with Crippen LogP contribution in [0.2, 0.25) is 0 Å². The van der Waals surface area contributed by atoms with Gasteiger partial charge in [-0.15, -0.1) is 0 Å². The molecule has 3 aromatic rings. The summed E-state index contributed by atoms with van der Waals surface area (Å²) in [4.78, 5) is 39.1. The van der Waals surface area contributed by atoms with Gasteiger partial charge >= 0.3 is 19.3 Å². The van der Waals surface area contributed by atoms with E-state index in [0.29, 0.717) is 5.56 Å². The van der Waals surface area contributed by atoms with Crippen molar-refractivity contribution in [3.63, 3.8) is 0 Å². The van der Waals surface area contributed by atoms with Gasteiger partial charge in [-0.1, -0.05) is 48.5 Å². The van der Waals surface area contributed by atoms with Crippen molar-refractivity contribution < 1.29 is 37.4 Å². The number of benzene rings is 2. The minimum atomic E-state index is -3.68. The van der Waals surface area contributed by atoms with Gasteiger partial charge in [-0.3, -0.25) is 13.9 Å². The molecule has 4 rings (SSSR count). The number of hydrogen-bond donors (Lipinski definition) is 0. The second-order valence-electron chi connectivity index (χ2n) is 9.34. The van der Waals surface area contributed by atoms with Crippen LogP contribution in [0, 0.1) is 6.92 Å². The maximum Gasteiger partial charge on any atom is 0.358 e. The highest BCUT2D eigenvalue weighted by molar-refractivity contribution is 7.54. The third kappa shape index (κ3) is 7.10. The maximum atomic E-state index is 13.4. The molecule has 0 aliphatic carbocycles. The summed E-state index contributed by atoms with van der Waals surface area (Å²) >= 11 is 0. The van der Waals surface area contributed by atoms with Crippen molar-refractivity contribution in [2.75, 3.05) is 14.2 Å². The number of nitrogens with zero attached hydrogens (tertiary/aromatic N) is 2. The van der Waals surface area contributed by atoms with Crippen molar-refractivity contribution in [1.82, 2.24) is 9.13 Å². The number of hydrogen-bond acceptors (Lipinski definition) is 10. The first-order valence-corrected chi connectivity index (χ1v) is 14.5. The van der Waals surface area contributed by atoms with E-state index in [1.165, 1.54) is 31.9 Å². The Labute approximate surface area is 236 Å². The Kier molecular flexibility index (Phi) is 10.1. The van der Waals surface area contributed by atoms with Crippen LogP contribution in [0.3, 0.4) is 0 Å². The van der Waals surface area contributed by atoms with Crippen molar-refractivity contribution >= 4 is 13.6 Å². The van der Waals surface area contributed by atoms with Crippen LogP contribution < -0.4 is 11.2 Å². The normalized spacial score (nSPS) is 19.7. The fraction of sp³-hybridized carbons (Fsp3) is 0.393. The smallest absolute Gasteiger partial charge is 0.358 e. The maximum absolute atomic E-state index is 13.4. The predicted molar refractivity (Wildman–Crippen MR) is 147 cm³/mol. The minimum absolute atomic E-state index is 0.00263. The monoisotopic (exact) mass is 588 g/mol. The summed E-state index contributed by atoms with van der Waals surface area (Å²) in [7, 11) is -1.23. The molecule has 1 saturated heterocycles. The number of aromatic nitrogens is 2. The van der Waals surface area contributed by atoms with E-state index in [0.717, 1.165) is 10.1 Å². The van der Waals surface area contributed by atoms with Crippen LogP contribution in [-0.4, -0.2) is 47.6 Å². The third-order valence-electron chi connectivity index (χ3n) is 6.59. The molecule has 2 heterocycles. The minimum Gasteiger partial charge on any atom is -0.453 e. The Bertz CT molecular complexity index is 1480. The molecule has 0 saturated carbocycles. The molecule has 1 aliphatic rings. The number of aryl methyl sites for hydroxylation is 1. The molecule has 0 radical (unpaired) electrons. The van der Waals surface area contributed by atoms with E-state index >= 15 is 0 Å². The molecule has 0 amide bonds. The molecule has 13 heteroatoms. The molecule has 41 heavy (non-hydrogen) atoms. The van der Waals surface area contributed by atoms with Crippen molar-refractivity contribution in [3.05, 3.63) is 104 Å². The highest BCUT2D eigenvalue weighted by atomic mass is 31.2. The summed E-state index contributed by atoms with van der Waals surface area (Å²) < 4.78 is 48.4. The molecule has 1 fully saturated rings. The quantitative estimate of drug-likeness (QED) is 0.227. The summed E-state index contributed by atoms with van der Waals surface area (Å²) in [6.07, 6.45) is -1.84. The van der Waals surface area contributed by atoms with E-state index in [4.69, 9.17) is 28.0 Å². The van der Waals surface area contributed by atoms with Crippen LogP contribution in [0.5, 0.6) is 0 Å². The predicted octanol–water partition coefficient (Wildman–Crippen LogP) is 3.81. The first-order valence-electron chi connectivity index (χ1n) is 12.9. The Morgan fingerprint density at radius 3 is 2.32 bits per heavy atom. The lowest BCUT2D eigenvalue weighted by molar-refractivity contribution is -0.186. The van der Waals surface area contributed by atoms with E-state index in [2.05, 4.69) is 0 Å². The molecule has 0 bridgehead atoms. The van der Waals surface area contributed by atoms with Gasteiger partial charge in [-0.2, -0.15) is 0 Å². The molecule has 4 unspecified atom stereocenters. The van der Waals surface area contributed by atoms with Gasteiger partial charge in [0.2, 0.25) is 0 Å². The van der Waals surface area contributed by atoms with E-state index in [1.807, 2.05) is 30.3 Å². The van der Waals surface area contributed by atoms with Crippen molar-refractivity contribution in [2.45, 2.75) is 58.1 Å². The third-order valence-corrected chi connectivity index (χ3v) is 8.62. The molecule has 0 N–H and O–H groups in total. The first-order chi connectivity index (χ1) is 19.7. The summed E-state index contributed by atoms with van der Waals surface area (Å²) in [6, 6.07) is 17.7. The largest absolute Gasteiger partial charge is 0.453 e. The van der Waals surface area contributed by atoms with Crippen LogP contribution in [0.1, 0.15) is 41.1 Å². The van der Waals surface area contributed by atoms with Crippen LogP contribution in [0.15, 0.2) is 76.4 Å². The molecular formula is C28H33N2O10P. The van der Waals surface area contributed by atoms with Crippen LogP contribution in [-0.2, 0) is 45.9 Å². The number of rotatable bonds is 12. The Morgan fingerprint density at radius 2 is 1.68 bits per heavy atom. The SMILES string of the molecule is COP(=O)(OC)C(C)OC1OC(n2cc(C)c(=O)n(COCc3ccccc3)c2=O)CC1OC(=O)c1ccccc1. The fourth-order valence-corrected chi connectivity index (χ4v) is 5.35. The Hall–Kier alpha value is -3.38. The molecule has 1 aromatic heterocycles. The van der Waals surface area contributed by atoms with Crippen LogP contribution in [0.4, 0.5) is 0 Å². The average Bonchev–Trinajstić information content (AvgIpc) is 3.38. The van der Waals surface area contributed by atoms with E-state index in [1.54, 1.807) is 37.3 Å². The second-order valence-corrected chi connectivity index (χ2v) is 11.9. The van der Waals surface area contributed by atoms with E-state index < -0.39 is 49.3 Å². The number of ether oxygens (including phenoxy) is 4. The lowest BCUT2D eigenvalue weighted by atomic mass is 10.2. The van der Waals surface area contributed by atoms with E-state index in [9.17, 15) is 18.9 Å². The lowest BCUT2D eigenvalue weighted by Gasteiger charge is -2.26. The number of carbonyl (C=O) groups is 1. The molecule has 220 valence electrons. The Morgan fingerprint density at radius 1 is 1.05 bits per heavy atom. The average molecular weight is 589 g/mol. The van der Waals surface area contributed by atoms with Gasteiger partial charge < -0.3 is 28.0 Å². The van der Waals surface area contributed by atoms with Crippen LogP contribution >= 0.6 is 7.60 Å². The highest BCUT2D eigenvalue weighted by Crippen LogP contribution is 2.52. The summed E-state index contributed by atoms with van der Waals surface area (Å²) in [5.74, 6) is -1.73. The molecular weight excluding hydrogens is 555 g/mol. The molecule has 0 spiro atoms. The standard InChI is InChI=1S/C28H33N2O10P/c1-19-16-29(28(33)30(25(19)31)18-37-17-21-11-7-5-8-12-21)24-15-23(39-26(32)22-13-9-6-10-14-22)27(40-24)38-20(2)41(34,35-3)36-4/h5-14,16,20,23-24,27H,15,17-18H2,1-4H3. The summed E-state index contributed by atoms with van der Waals surface area (Å²) in [6.45, 7) is 2.96. The van der Waals surface area contributed by atoms with Gasteiger partial charge in [0, 0.05) is 32.4 Å². The molecule has 12 nitrogen and oxygen atoms in total. The topological polar surface area (TPSA) is 134 Å². The lowest BCUT2D eigenvalue weighted by Crippen LogP contribution is -2.42. The Balaban J connectivity index is 1.59. The number of esters is 1. The van der Waals surface area contributed by atoms with Gasteiger partial charge in [0.15, 0.2) is 18.2 Å². The molecule has 2 aromatic carbocycles. The zero-order chi connectivity index (χ0) is 29.6. The number of carbonyl (C=O) groups excluding carboxylic acids is 1. The summed E-state index contributed by atoms with van der Waals surface area (Å²) in [5, 5.41) is 0. The summed E-state index contributed by atoms with van der Waals surface area (Å²) in [5.41, 5.74) is 0.274. The van der Waals surface area contributed by atoms with Gasteiger partial charge in [-0.25, -0.2) is 14.2 Å². The second kappa shape index (κ2) is 13.5. The molecule has 4 atom stereocenters. The zero-order valence-electron chi connectivity index (χ0n) is 23.2. The zero-order valence-corrected chi connectivity index (χ0v) is 24.1. The van der Waals surface area contributed by atoms with E-state index in [-0.39, 0.29) is 25.3 Å². The van der Waals surface area contributed by atoms with Crippen molar-refractivity contribution in [1.29, 1.82) is 0 Å². The van der Waals surface area contributed by atoms with Gasteiger partial charge in [0.1, 0.15) is 13.0 Å². The molecule has 1 aliphatic heterocycles. The fourth-order valence-electron chi connectivity index (χ4n) is 4.34. The van der Waals surface area contributed by atoms with Crippen LogP contribution in [0.25, 0.3) is 0 Å². The highest BCUT2D eigenvalue weighted by Gasteiger charge is 2.44. The van der Waals surface area contributed by atoms with Crippen molar-refractivity contribution in [2.24, 2.45) is 0 Å². The van der Waals surface area contributed by atoms with Gasteiger partial charge in [-0.05, 0) is 31.5 Å².